The van der Waals surface area contributed by atoms with Crippen LogP contribution in [0.4, 0.5) is 5.00 Å². The highest BCUT2D eigenvalue weighted by atomic mass is 32.1. The van der Waals surface area contributed by atoms with E-state index in [1.807, 2.05) is 27.7 Å². The Kier molecular flexibility index (Phi) is 4.24. The van der Waals surface area contributed by atoms with Gasteiger partial charge < -0.3 is 15.8 Å². The minimum Gasteiger partial charge on any atom is -0.365 e. The van der Waals surface area contributed by atoms with Crippen LogP contribution in [0.3, 0.4) is 0 Å². The van der Waals surface area contributed by atoms with Crippen LogP contribution in [0.1, 0.15) is 74.2 Å². The number of anilines is 1. The molecular weight excluding hydrogens is 324 g/mol. The Morgan fingerprint density at radius 3 is 2.54 bits per heavy atom. The Balaban J connectivity index is 1.91. The summed E-state index contributed by atoms with van der Waals surface area (Å²) < 4.78 is 6.17. The van der Waals surface area contributed by atoms with Gasteiger partial charge in [-0.05, 0) is 45.6 Å². The summed E-state index contributed by atoms with van der Waals surface area (Å²) in [6.45, 7) is 8.00. The number of hydrogen-bond acceptors (Lipinski definition) is 4. The number of fused-ring (bicyclic) bond motifs is 1. The van der Waals surface area contributed by atoms with Gasteiger partial charge in [-0.25, -0.2) is 0 Å². The summed E-state index contributed by atoms with van der Waals surface area (Å²) in [6.07, 6.45) is 4.49. The molecule has 0 saturated heterocycles. The molecular formula is C18H26N2O3S. The van der Waals surface area contributed by atoms with Crippen LogP contribution in [0.2, 0.25) is 0 Å². The molecule has 0 radical (unpaired) electrons. The smallest absolute Gasteiger partial charge is 0.251 e. The first-order chi connectivity index (χ1) is 11.1. The molecule has 1 fully saturated rings. The average Bonchev–Trinajstić information content (AvgIpc) is 3.16. The van der Waals surface area contributed by atoms with Gasteiger partial charge in [0.1, 0.15) is 5.00 Å². The van der Waals surface area contributed by atoms with Crippen LogP contribution in [0, 0.1) is 5.92 Å². The SMILES string of the molecule is CC1(C)Cc2c(sc(NC(=O)CCC3CC3)c2C(N)=O)C(C)(C)O1. The molecule has 2 heterocycles. The number of ether oxygens (including phenoxy) is 1. The average molecular weight is 350 g/mol. The number of carbonyl (C=O) groups excluding carboxylic acids is 2. The fourth-order valence-electron chi connectivity index (χ4n) is 3.60. The highest BCUT2D eigenvalue weighted by Crippen LogP contribution is 2.48. The first kappa shape index (κ1) is 17.4. The van der Waals surface area contributed by atoms with Crippen molar-refractivity contribution < 1.29 is 14.3 Å². The van der Waals surface area contributed by atoms with Crippen molar-refractivity contribution in [3.05, 3.63) is 16.0 Å². The lowest BCUT2D eigenvalue weighted by atomic mass is 9.86. The van der Waals surface area contributed by atoms with Gasteiger partial charge in [0, 0.05) is 17.7 Å². The first-order valence-electron chi connectivity index (χ1n) is 8.55. The first-order valence-corrected chi connectivity index (χ1v) is 9.37. The van der Waals surface area contributed by atoms with Gasteiger partial charge in [0.25, 0.3) is 5.91 Å². The number of primary amides is 1. The molecule has 2 amide bonds. The van der Waals surface area contributed by atoms with Gasteiger partial charge in [0.05, 0.1) is 16.8 Å². The number of rotatable bonds is 5. The van der Waals surface area contributed by atoms with Gasteiger partial charge >= 0.3 is 0 Å². The maximum absolute atomic E-state index is 12.2. The number of nitrogens with one attached hydrogen (secondary N) is 1. The van der Waals surface area contributed by atoms with E-state index in [1.54, 1.807) is 0 Å². The van der Waals surface area contributed by atoms with Gasteiger partial charge in [-0.2, -0.15) is 0 Å². The number of hydrogen-bond donors (Lipinski definition) is 2. The zero-order valence-electron chi connectivity index (χ0n) is 14.8. The Hall–Kier alpha value is -1.40. The van der Waals surface area contributed by atoms with Crippen LogP contribution in [0.15, 0.2) is 0 Å². The lowest BCUT2D eigenvalue weighted by Gasteiger charge is -2.41. The Labute approximate surface area is 146 Å². The van der Waals surface area contributed by atoms with Gasteiger partial charge in [-0.3, -0.25) is 9.59 Å². The maximum atomic E-state index is 12.2. The van der Waals surface area contributed by atoms with Crippen LogP contribution >= 0.6 is 11.3 Å². The normalized spacial score (nSPS) is 21.2. The molecule has 24 heavy (non-hydrogen) atoms. The van der Waals surface area contributed by atoms with Crippen molar-refractivity contribution in [1.29, 1.82) is 0 Å². The fraction of sp³-hybridized carbons (Fsp3) is 0.667. The molecule has 1 saturated carbocycles. The molecule has 0 spiro atoms. The molecule has 0 bridgehead atoms. The zero-order chi connectivity index (χ0) is 17.7. The summed E-state index contributed by atoms with van der Waals surface area (Å²) in [6, 6.07) is 0. The molecule has 2 aliphatic rings. The van der Waals surface area contributed by atoms with Crippen LogP contribution in [0.25, 0.3) is 0 Å². The van der Waals surface area contributed by atoms with Crippen molar-refractivity contribution in [1.82, 2.24) is 0 Å². The predicted molar refractivity (Wildman–Crippen MR) is 95.3 cm³/mol. The summed E-state index contributed by atoms with van der Waals surface area (Å²) in [5, 5.41) is 3.49. The van der Waals surface area contributed by atoms with Gasteiger partial charge in [-0.1, -0.05) is 12.8 Å². The van der Waals surface area contributed by atoms with E-state index >= 15 is 0 Å². The zero-order valence-corrected chi connectivity index (χ0v) is 15.6. The molecule has 132 valence electrons. The Morgan fingerprint density at radius 2 is 1.96 bits per heavy atom. The van der Waals surface area contributed by atoms with Crippen LogP contribution in [0.5, 0.6) is 0 Å². The quantitative estimate of drug-likeness (QED) is 0.852. The number of amides is 2. The third kappa shape index (κ3) is 3.49. The van der Waals surface area contributed by atoms with E-state index in [1.165, 1.54) is 24.2 Å². The highest BCUT2D eigenvalue weighted by Gasteiger charge is 2.42. The van der Waals surface area contributed by atoms with E-state index < -0.39 is 11.5 Å². The van der Waals surface area contributed by atoms with Crippen molar-refractivity contribution in [2.75, 3.05) is 5.32 Å². The monoisotopic (exact) mass is 350 g/mol. The Morgan fingerprint density at radius 1 is 1.29 bits per heavy atom. The van der Waals surface area contributed by atoms with E-state index in [0.29, 0.717) is 29.3 Å². The molecule has 1 aliphatic carbocycles. The van der Waals surface area contributed by atoms with Crippen LogP contribution < -0.4 is 11.1 Å². The summed E-state index contributed by atoms with van der Waals surface area (Å²) in [5.41, 5.74) is 6.13. The van der Waals surface area contributed by atoms with E-state index in [-0.39, 0.29) is 11.5 Å². The van der Waals surface area contributed by atoms with E-state index in [4.69, 9.17) is 10.5 Å². The molecule has 3 rings (SSSR count). The number of thiophene rings is 1. The largest absolute Gasteiger partial charge is 0.365 e. The topological polar surface area (TPSA) is 81.4 Å². The molecule has 0 unspecified atom stereocenters. The highest BCUT2D eigenvalue weighted by molar-refractivity contribution is 7.17. The van der Waals surface area contributed by atoms with Crippen molar-refractivity contribution in [2.24, 2.45) is 11.7 Å². The predicted octanol–water partition coefficient (Wildman–Crippen LogP) is 3.56. The minimum atomic E-state index is -0.511. The van der Waals surface area contributed by atoms with Gasteiger partial charge in [0.15, 0.2) is 0 Å². The minimum absolute atomic E-state index is 0.0408. The fourth-order valence-corrected chi connectivity index (χ4v) is 4.88. The van der Waals surface area contributed by atoms with Gasteiger partial charge in [-0.15, -0.1) is 11.3 Å². The second-order valence-corrected chi connectivity index (χ2v) is 9.08. The van der Waals surface area contributed by atoms with Crippen molar-refractivity contribution >= 4 is 28.2 Å². The van der Waals surface area contributed by atoms with E-state index in [2.05, 4.69) is 5.32 Å². The van der Waals surface area contributed by atoms with E-state index in [0.717, 1.165) is 16.9 Å². The maximum Gasteiger partial charge on any atom is 0.251 e. The molecule has 0 atom stereocenters. The number of carbonyl (C=O) groups is 2. The third-order valence-electron chi connectivity index (χ3n) is 4.66. The summed E-state index contributed by atoms with van der Waals surface area (Å²) in [5.74, 6) is 0.176. The van der Waals surface area contributed by atoms with E-state index in [9.17, 15) is 9.59 Å². The molecule has 6 heteroatoms. The number of nitrogens with two attached hydrogens (primary N) is 1. The molecule has 3 N–H and O–H groups in total. The molecule has 5 nitrogen and oxygen atoms in total. The Bertz CT molecular complexity index is 687. The summed E-state index contributed by atoms with van der Waals surface area (Å²) in [7, 11) is 0. The van der Waals surface area contributed by atoms with Gasteiger partial charge in [0.2, 0.25) is 5.91 Å². The lowest BCUT2D eigenvalue weighted by Crippen LogP contribution is -2.42. The van der Waals surface area contributed by atoms with Crippen LogP contribution in [-0.2, 0) is 21.6 Å². The summed E-state index contributed by atoms with van der Waals surface area (Å²) in [4.78, 5) is 25.3. The van der Waals surface area contributed by atoms with Crippen molar-refractivity contribution in [3.63, 3.8) is 0 Å². The van der Waals surface area contributed by atoms with Crippen molar-refractivity contribution in [2.45, 2.75) is 71.0 Å². The molecule has 1 aromatic heterocycles. The molecule has 0 aromatic carbocycles. The lowest BCUT2D eigenvalue weighted by molar-refractivity contribution is -0.135. The van der Waals surface area contributed by atoms with Crippen LogP contribution in [-0.4, -0.2) is 17.4 Å². The second-order valence-electron chi connectivity index (χ2n) is 8.06. The standard InChI is InChI=1S/C18H26N2O3S/c1-17(2)9-11-13(15(19)22)16(24-14(11)18(3,4)23-17)20-12(21)8-7-10-5-6-10/h10H,5-9H2,1-4H3,(H2,19,22)(H,20,21). The second kappa shape index (κ2) is 5.85. The summed E-state index contributed by atoms with van der Waals surface area (Å²) >= 11 is 1.42. The third-order valence-corrected chi connectivity index (χ3v) is 6.12. The molecule has 1 aliphatic heterocycles. The van der Waals surface area contributed by atoms with Crippen molar-refractivity contribution in [3.8, 4) is 0 Å². The molecule has 1 aromatic rings.